The van der Waals surface area contributed by atoms with Gasteiger partial charge in [0.25, 0.3) is 5.91 Å². The van der Waals surface area contributed by atoms with Gasteiger partial charge in [0.15, 0.2) is 9.84 Å². The maximum absolute atomic E-state index is 13.7. The van der Waals surface area contributed by atoms with Crippen LogP contribution < -0.4 is 5.32 Å². The van der Waals surface area contributed by atoms with Crippen molar-refractivity contribution in [3.8, 4) is 0 Å². The Hall–Kier alpha value is -1.73. The number of sulfone groups is 1. The molecule has 0 spiro atoms. The average molecular weight is 327 g/mol. The van der Waals surface area contributed by atoms with E-state index in [4.69, 9.17) is 0 Å². The molecule has 0 atom stereocenters. The third kappa shape index (κ3) is 3.48. The summed E-state index contributed by atoms with van der Waals surface area (Å²) < 4.78 is 36.7. The number of hydrogen-bond donors (Lipinski definition) is 1. The molecule has 2 aromatic rings. The monoisotopic (exact) mass is 327 g/mol. The lowest BCUT2D eigenvalue weighted by Gasteiger charge is -2.08. The van der Waals surface area contributed by atoms with Crippen LogP contribution in [0.25, 0.3) is 0 Å². The van der Waals surface area contributed by atoms with Crippen LogP contribution in [0.15, 0.2) is 29.2 Å². The van der Waals surface area contributed by atoms with Gasteiger partial charge in [0.1, 0.15) is 5.82 Å². The minimum Gasteiger partial charge on any atom is -0.319 e. The van der Waals surface area contributed by atoms with Crippen molar-refractivity contribution in [3.63, 3.8) is 0 Å². The lowest BCUT2D eigenvalue weighted by Crippen LogP contribution is -2.13. The highest BCUT2D eigenvalue weighted by Crippen LogP contribution is 2.24. The van der Waals surface area contributed by atoms with Crippen molar-refractivity contribution in [2.45, 2.75) is 18.7 Å². The standard InChI is InChI=1S/C14H14FNO3S2/c1-8-6-11(9(2)20-8)14(17)16-13-7-10(21(3,18)19)4-5-12(13)15/h4-7H,1-3H3,(H,16,17). The smallest absolute Gasteiger partial charge is 0.256 e. The van der Waals surface area contributed by atoms with E-state index in [2.05, 4.69) is 5.32 Å². The van der Waals surface area contributed by atoms with Crippen LogP contribution in [0.5, 0.6) is 0 Å². The van der Waals surface area contributed by atoms with Gasteiger partial charge >= 0.3 is 0 Å². The van der Waals surface area contributed by atoms with Gasteiger partial charge < -0.3 is 5.32 Å². The Morgan fingerprint density at radius 3 is 2.43 bits per heavy atom. The average Bonchev–Trinajstić information content (AvgIpc) is 2.70. The summed E-state index contributed by atoms with van der Waals surface area (Å²) >= 11 is 1.47. The highest BCUT2D eigenvalue weighted by atomic mass is 32.2. The molecule has 0 unspecified atom stereocenters. The number of benzene rings is 1. The summed E-state index contributed by atoms with van der Waals surface area (Å²) in [6.07, 6.45) is 1.03. The zero-order valence-electron chi connectivity index (χ0n) is 11.7. The molecule has 1 amide bonds. The second-order valence-electron chi connectivity index (χ2n) is 4.69. The lowest BCUT2D eigenvalue weighted by molar-refractivity contribution is 0.102. The number of carbonyl (C=O) groups excluding carboxylic acids is 1. The van der Waals surface area contributed by atoms with Crippen LogP contribution in [-0.2, 0) is 9.84 Å². The molecule has 112 valence electrons. The maximum atomic E-state index is 13.7. The number of aryl methyl sites for hydroxylation is 2. The second kappa shape index (κ2) is 5.57. The van der Waals surface area contributed by atoms with E-state index in [1.54, 1.807) is 13.0 Å². The number of carbonyl (C=O) groups is 1. The number of amides is 1. The van der Waals surface area contributed by atoms with Crippen molar-refractivity contribution in [2.24, 2.45) is 0 Å². The Morgan fingerprint density at radius 2 is 1.90 bits per heavy atom. The maximum Gasteiger partial charge on any atom is 0.256 e. The molecule has 0 aliphatic heterocycles. The van der Waals surface area contributed by atoms with Crippen molar-refractivity contribution < 1.29 is 17.6 Å². The predicted molar refractivity (Wildman–Crippen MR) is 81.3 cm³/mol. The van der Waals surface area contributed by atoms with E-state index in [1.165, 1.54) is 17.4 Å². The largest absolute Gasteiger partial charge is 0.319 e. The summed E-state index contributed by atoms with van der Waals surface area (Å²) in [6.45, 7) is 3.68. The molecule has 1 aromatic carbocycles. The topological polar surface area (TPSA) is 63.2 Å². The Labute approximate surface area is 126 Å². The Morgan fingerprint density at radius 1 is 1.24 bits per heavy atom. The van der Waals surface area contributed by atoms with E-state index >= 15 is 0 Å². The van der Waals surface area contributed by atoms with E-state index in [9.17, 15) is 17.6 Å². The molecule has 0 aliphatic carbocycles. The van der Waals surface area contributed by atoms with E-state index in [1.807, 2.05) is 6.92 Å². The van der Waals surface area contributed by atoms with E-state index in [0.717, 1.165) is 28.1 Å². The van der Waals surface area contributed by atoms with Gasteiger partial charge in [0.05, 0.1) is 16.1 Å². The zero-order chi connectivity index (χ0) is 15.8. The Bertz CT molecular complexity index is 810. The molecule has 0 saturated heterocycles. The molecule has 4 nitrogen and oxygen atoms in total. The highest BCUT2D eigenvalue weighted by molar-refractivity contribution is 7.90. The molecule has 0 aliphatic rings. The van der Waals surface area contributed by atoms with Crippen LogP contribution in [0, 0.1) is 19.7 Å². The number of halogens is 1. The van der Waals surface area contributed by atoms with Gasteiger partial charge in [-0.05, 0) is 38.1 Å². The Balaban J connectivity index is 2.35. The first-order valence-electron chi connectivity index (χ1n) is 6.06. The first kappa shape index (κ1) is 15.7. The summed E-state index contributed by atoms with van der Waals surface area (Å²) in [7, 11) is -3.46. The predicted octanol–water partition coefficient (Wildman–Crippen LogP) is 3.16. The summed E-state index contributed by atoms with van der Waals surface area (Å²) in [5.74, 6) is -1.14. The molecule has 21 heavy (non-hydrogen) atoms. The van der Waals surface area contributed by atoms with Crippen molar-refractivity contribution in [1.82, 2.24) is 0 Å². The van der Waals surface area contributed by atoms with Crippen LogP contribution >= 0.6 is 11.3 Å². The van der Waals surface area contributed by atoms with Crippen molar-refractivity contribution in [3.05, 3.63) is 45.4 Å². The fraction of sp³-hybridized carbons (Fsp3) is 0.214. The summed E-state index contributed by atoms with van der Waals surface area (Å²) in [5, 5.41) is 2.42. The molecule has 0 fully saturated rings. The van der Waals surface area contributed by atoms with Gasteiger partial charge in [-0.2, -0.15) is 0 Å². The lowest BCUT2D eigenvalue weighted by atomic mass is 10.2. The van der Waals surface area contributed by atoms with Gasteiger partial charge in [0.2, 0.25) is 0 Å². The minimum atomic E-state index is -3.46. The van der Waals surface area contributed by atoms with E-state index < -0.39 is 21.6 Å². The van der Waals surface area contributed by atoms with Crippen LogP contribution in [0.3, 0.4) is 0 Å². The fourth-order valence-corrected chi connectivity index (χ4v) is 3.45. The van der Waals surface area contributed by atoms with Crippen LogP contribution in [0.4, 0.5) is 10.1 Å². The third-order valence-electron chi connectivity index (χ3n) is 2.90. The molecule has 1 aromatic heterocycles. The number of hydrogen-bond acceptors (Lipinski definition) is 4. The second-order valence-corrected chi connectivity index (χ2v) is 8.17. The first-order chi connectivity index (χ1) is 9.68. The highest BCUT2D eigenvalue weighted by Gasteiger charge is 2.16. The molecular formula is C14H14FNO3S2. The Kier molecular flexibility index (Phi) is 4.15. The first-order valence-corrected chi connectivity index (χ1v) is 8.77. The number of thiophene rings is 1. The summed E-state index contributed by atoms with van der Waals surface area (Å²) in [5.41, 5.74) is 0.313. The van der Waals surface area contributed by atoms with Gasteiger partial charge in [0, 0.05) is 16.0 Å². The van der Waals surface area contributed by atoms with Crippen LogP contribution in [0.2, 0.25) is 0 Å². The number of nitrogens with one attached hydrogen (secondary N) is 1. The van der Waals surface area contributed by atoms with Crippen LogP contribution in [0.1, 0.15) is 20.1 Å². The van der Waals surface area contributed by atoms with Gasteiger partial charge in [-0.1, -0.05) is 0 Å². The van der Waals surface area contributed by atoms with Crippen molar-refractivity contribution in [1.29, 1.82) is 0 Å². The molecule has 1 heterocycles. The normalized spacial score (nSPS) is 11.4. The van der Waals surface area contributed by atoms with E-state index in [0.29, 0.717) is 5.56 Å². The van der Waals surface area contributed by atoms with Crippen molar-refractivity contribution in [2.75, 3.05) is 11.6 Å². The molecule has 7 heteroatoms. The van der Waals surface area contributed by atoms with Gasteiger partial charge in [-0.15, -0.1) is 11.3 Å². The molecule has 0 saturated carbocycles. The fourth-order valence-electron chi connectivity index (χ4n) is 1.88. The zero-order valence-corrected chi connectivity index (χ0v) is 13.4. The molecule has 0 bridgehead atoms. The third-order valence-corrected chi connectivity index (χ3v) is 4.98. The molecular weight excluding hydrogens is 313 g/mol. The SMILES string of the molecule is Cc1cc(C(=O)Nc2cc(S(C)(=O)=O)ccc2F)c(C)s1. The number of anilines is 1. The van der Waals surface area contributed by atoms with Crippen molar-refractivity contribution >= 4 is 32.8 Å². The quantitative estimate of drug-likeness (QED) is 0.881. The number of rotatable bonds is 3. The molecule has 2 rings (SSSR count). The minimum absolute atomic E-state index is 0.0441. The van der Waals surface area contributed by atoms with Gasteiger partial charge in [-0.25, -0.2) is 12.8 Å². The summed E-state index contributed by atoms with van der Waals surface area (Å²) in [4.78, 5) is 13.9. The molecule has 0 radical (unpaired) electrons. The molecule has 1 N–H and O–H groups in total. The van der Waals surface area contributed by atoms with Gasteiger partial charge in [-0.3, -0.25) is 4.79 Å². The van der Waals surface area contributed by atoms with E-state index in [-0.39, 0.29) is 10.6 Å². The summed E-state index contributed by atoms with van der Waals surface area (Å²) in [6, 6.07) is 5.03. The van der Waals surface area contributed by atoms with Crippen LogP contribution in [-0.4, -0.2) is 20.6 Å².